The van der Waals surface area contributed by atoms with Gasteiger partial charge in [0, 0.05) is 67.2 Å². The van der Waals surface area contributed by atoms with Gasteiger partial charge in [0.25, 0.3) is 0 Å². The van der Waals surface area contributed by atoms with E-state index in [9.17, 15) is 0 Å². The summed E-state index contributed by atoms with van der Waals surface area (Å²) in [7, 11) is 0. The molecule has 16 aromatic carbocycles. The van der Waals surface area contributed by atoms with Crippen LogP contribution in [-0.4, -0.2) is 0 Å². The summed E-state index contributed by atoms with van der Waals surface area (Å²) < 4.78 is 0. The first kappa shape index (κ1) is 94.5. The van der Waals surface area contributed by atoms with Crippen LogP contribution >= 0.6 is 0 Å². The molecule has 0 aliphatic heterocycles. The quantitative estimate of drug-likeness (QED) is 0.0799. The average molecular weight is 1880 g/mol. The van der Waals surface area contributed by atoms with E-state index in [4.69, 9.17) is 0 Å². The first-order valence-corrected chi connectivity index (χ1v) is 55.8. The number of nitrogens with zero attached hydrogens (tertiary/aromatic N) is 3. The zero-order valence-corrected chi connectivity index (χ0v) is 86.2. The second-order valence-electron chi connectivity index (χ2n) is 45.5. The number of fused-ring (bicyclic) bond motifs is 9. The van der Waals surface area contributed by atoms with Crippen molar-refractivity contribution < 1.29 is 0 Å². The summed E-state index contributed by atoms with van der Waals surface area (Å²) in [5.74, 6) is 4.30. The van der Waals surface area contributed by atoms with Crippen molar-refractivity contribution in [3.63, 3.8) is 0 Å². The third-order valence-electron chi connectivity index (χ3n) is 35.7. The molecule has 3 nitrogen and oxygen atoms in total. The fourth-order valence-corrected chi connectivity index (χ4v) is 27.4. The Balaban J connectivity index is 0.000000120. The van der Waals surface area contributed by atoms with Crippen LogP contribution in [0, 0.1) is 0 Å². The number of benzene rings is 16. The van der Waals surface area contributed by atoms with Gasteiger partial charge in [-0.25, -0.2) is 0 Å². The van der Waals surface area contributed by atoms with Crippen molar-refractivity contribution in [3.8, 4) is 77.9 Å². The predicted molar refractivity (Wildman–Crippen MR) is 613 cm³/mol. The first-order valence-electron chi connectivity index (χ1n) is 55.8. The van der Waals surface area contributed by atoms with Crippen molar-refractivity contribution in [1.82, 2.24) is 0 Å². The van der Waals surface area contributed by atoms with Crippen molar-refractivity contribution >= 4 is 51.2 Å². The summed E-state index contributed by atoms with van der Waals surface area (Å²) in [4.78, 5) is 7.42. The van der Waals surface area contributed by atoms with E-state index in [1.54, 1.807) is 11.1 Å². The second-order valence-corrected chi connectivity index (χ2v) is 45.5. The van der Waals surface area contributed by atoms with Crippen LogP contribution in [0.3, 0.4) is 0 Å². The highest BCUT2D eigenvalue weighted by molar-refractivity contribution is 5.94. The molecule has 0 aromatic heterocycles. The minimum Gasteiger partial charge on any atom is -0.310 e. The van der Waals surface area contributed by atoms with Gasteiger partial charge in [0.2, 0.25) is 0 Å². The number of rotatable bonds is 19. The zero-order chi connectivity index (χ0) is 97.3. The lowest BCUT2D eigenvalue weighted by molar-refractivity contribution is 0.443. The van der Waals surface area contributed by atoms with E-state index in [2.05, 4.69) is 426 Å². The Morgan fingerprint density at radius 3 is 0.722 bits per heavy atom. The molecule has 16 aromatic rings. The van der Waals surface area contributed by atoms with Crippen molar-refractivity contribution in [1.29, 1.82) is 0 Å². The molecular formula is C141H145N3. The monoisotopic (exact) mass is 1880 g/mol. The van der Waals surface area contributed by atoms with Crippen LogP contribution in [0.4, 0.5) is 51.2 Å². The maximum atomic E-state index is 2.58. The average Bonchev–Trinajstić information content (AvgIpc) is 1.57. The normalized spacial score (nSPS) is 17.5. The molecule has 0 bridgehead atoms. The summed E-state index contributed by atoms with van der Waals surface area (Å²) in [5, 5.41) is 0. The molecule has 6 fully saturated rings. The third-order valence-corrected chi connectivity index (χ3v) is 35.7. The Hall–Kier alpha value is -13.1. The van der Waals surface area contributed by atoms with E-state index < -0.39 is 0 Å². The summed E-state index contributed by atoms with van der Waals surface area (Å²) in [6, 6.07) is 141. The summed E-state index contributed by atoms with van der Waals surface area (Å²) in [6.45, 7) is 14.5. The molecule has 25 rings (SSSR count). The molecule has 0 N–H and O–H groups in total. The molecule has 144 heavy (non-hydrogen) atoms. The number of hydrogen-bond donors (Lipinski definition) is 0. The maximum Gasteiger partial charge on any atom is 0.0540 e. The fourth-order valence-electron chi connectivity index (χ4n) is 27.4. The summed E-state index contributed by atoms with van der Waals surface area (Å²) in [5.41, 5.74) is 46.9. The highest BCUT2D eigenvalue weighted by Gasteiger charge is 2.41. The van der Waals surface area contributed by atoms with E-state index in [1.807, 2.05) is 0 Å². The number of para-hydroxylation sites is 3. The Labute approximate surface area is 860 Å². The van der Waals surface area contributed by atoms with Gasteiger partial charge in [-0.1, -0.05) is 430 Å². The first-order chi connectivity index (χ1) is 70.7. The minimum absolute atomic E-state index is 0.0534. The highest BCUT2D eigenvalue weighted by atomic mass is 15.2. The third kappa shape index (κ3) is 19.0. The van der Waals surface area contributed by atoms with Crippen LogP contribution in [0.1, 0.15) is 336 Å². The molecule has 9 aliphatic rings. The van der Waals surface area contributed by atoms with Crippen LogP contribution in [0.2, 0.25) is 0 Å². The van der Waals surface area contributed by atoms with Gasteiger partial charge >= 0.3 is 0 Å². The molecule has 0 saturated heterocycles. The van der Waals surface area contributed by atoms with Crippen LogP contribution in [0.15, 0.2) is 370 Å². The van der Waals surface area contributed by atoms with E-state index in [0.717, 1.165) is 41.0 Å². The van der Waals surface area contributed by atoms with Gasteiger partial charge in [-0.05, 0) is 343 Å². The molecule has 9 aliphatic carbocycles. The molecule has 0 radical (unpaired) electrons. The van der Waals surface area contributed by atoms with Crippen molar-refractivity contribution in [2.24, 2.45) is 0 Å². The van der Waals surface area contributed by atoms with Gasteiger partial charge in [-0.15, -0.1) is 0 Å². The molecule has 0 unspecified atom stereocenters. The SMILES string of the molecule is CC1(C)c2cc(C3CCCCC3)ccc2-c2ccc(N(c3ccc(C4CCCCC4)cc3)c3ccccc3-c3ccc(C4CCCCC4)cc3)cc21.CC1(C)c2cc(C3CCCCC3)ccc2-c2ccc(N(c3ccccc3)c3ccccc3-c3ccc(C4CCCCC4)cc3)cc21.CC1(C)c2ccccc2-c2ccc(N(c3ccc(-c4ccccc4)cc3)c3ccc(-c4ccc(C5CCCCC5)cc4)cc3)cc21. The van der Waals surface area contributed by atoms with Gasteiger partial charge < -0.3 is 14.7 Å². The predicted octanol–water partition coefficient (Wildman–Crippen LogP) is 41.3. The largest absolute Gasteiger partial charge is 0.310 e. The molecule has 0 heterocycles. The molecule has 6 saturated carbocycles. The van der Waals surface area contributed by atoms with Crippen molar-refractivity contribution in [2.75, 3.05) is 14.7 Å². The minimum atomic E-state index is -0.0592. The van der Waals surface area contributed by atoms with Crippen molar-refractivity contribution in [2.45, 2.75) is 286 Å². The summed E-state index contributed by atoms with van der Waals surface area (Å²) in [6.07, 6.45) is 40.8. The topological polar surface area (TPSA) is 9.72 Å². The maximum absolute atomic E-state index is 2.58. The molecule has 0 amide bonds. The smallest absolute Gasteiger partial charge is 0.0540 e. The van der Waals surface area contributed by atoms with Gasteiger partial charge in [-0.2, -0.15) is 0 Å². The molecule has 3 heteroatoms. The van der Waals surface area contributed by atoms with Gasteiger partial charge in [-0.3, -0.25) is 0 Å². The van der Waals surface area contributed by atoms with Gasteiger partial charge in [0.1, 0.15) is 0 Å². The van der Waals surface area contributed by atoms with Gasteiger partial charge in [0.05, 0.1) is 11.4 Å². The van der Waals surface area contributed by atoms with Gasteiger partial charge in [0.15, 0.2) is 0 Å². The van der Waals surface area contributed by atoms with E-state index in [-0.39, 0.29) is 16.2 Å². The number of hydrogen-bond acceptors (Lipinski definition) is 3. The van der Waals surface area contributed by atoms with Crippen LogP contribution in [0.5, 0.6) is 0 Å². The summed E-state index contributed by atoms with van der Waals surface area (Å²) >= 11 is 0. The lowest BCUT2D eigenvalue weighted by Crippen LogP contribution is -2.17. The van der Waals surface area contributed by atoms with Crippen LogP contribution in [0.25, 0.3) is 77.9 Å². The number of anilines is 9. The lowest BCUT2D eigenvalue weighted by atomic mass is 9.79. The van der Waals surface area contributed by atoms with E-state index in [1.165, 1.54) is 366 Å². The van der Waals surface area contributed by atoms with E-state index >= 15 is 0 Å². The lowest BCUT2D eigenvalue weighted by Gasteiger charge is -2.30. The van der Waals surface area contributed by atoms with Crippen molar-refractivity contribution in [3.05, 3.63) is 437 Å². The molecule has 724 valence electrons. The zero-order valence-electron chi connectivity index (χ0n) is 86.2. The van der Waals surface area contributed by atoms with Crippen LogP contribution < -0.4 is 14.7 Å². The Bertz CT molecular complexity index is 7140. The molecule has 0 spiro atoms. The van der Waals surface area contributed by atoms with Crippen LogP contribution in [-0.2, 0) is 16.2 Å². The Morgan fingerprint density at radius 2 is 0.368 bits per heavy atom. The van der Waals surface area contributed by atoms with E-state index in [0.29, 0.717) is 5.92 Å². The second kappa shape index (κ2) is 41.6. The molecular weight excluding hydrogens is 1740 g/mol. The molecule has 0 atom stereocenters. The Morgan fingerprint density at radius 1 is 0.153 bits per heavy atom. The fraction of sp³-hybridized carbons (Fsp3) is 0.319. The Kier molecular flexibility index (Phi) is 27.3. The standard InChI is InChI=1S/C51H57N.C45H47N.C45H41N/c1-51(2)48-34-42(38-18-10-5-11-19-38)28-32-46(48)47-33-31-44(35-49(47)51)52(43-29-26-40(27-30-43)37-16-8-4-9-17-37)50-21-13-12-20-45(50)41-24-22-39(23-25-41)36-14-6-3-7-15-36;1-45(2)42-30-36(33-16-8-4-9-17-33)26-28-40(42)41-29-27-38(31-43(41)45)46(37-18-10-5-11-19-37)44-21-13-12-20-39(44)35-24-22-34(23-25-35)32-14-6-3-7-15-32;1-45(2)43-16-10-9-15-41(43)42-30-29-40(31-44(42)45)46(38-25-21-36(22-26-38)33-13-7-4-8-14-33)39-27-23-37(24-28-39)35-19-17-34(18-20-35)32-11-5-3-6-12-32/h12-13,20-38H,3-11,14-19H2,1-2H3;5,10-13,18-33H,3-4,6-9,14-17H2,1-2H3;4,7-10,13-32H,3,5-6,11-12H2,1-2H3. The highest BCUT2D eigenvalue weighted by Crippen LogP contribution is 2.58.